The van der Waals surface area contributed by atoms with Gasteiger partial charge in [0.25, 0.3) is 0 Å². The van der Waals surface area contributed by atoms with Gasteiger partial charge in [-0.2, -0.15) is 0 Å². The average Bonchev–Trinajstić information content (AvgIpc) is 3.07. The average molecular weight is 389 g/mol. The van der Waals surface area contributed by atoms with E-state index >= 15 is 0 Å². The van der Waals surface area contributed by atoms with Crippen LogP contribution in [0.4, 0.5) is 4.39 Å². The largest absolute Gasteiger partial charge is 0.462 e. The third kappa shape index (κ3) is 4.80. The fraction of sp³-hybridized carbons (Fsp3) is 0.150. The van der Waals surface area contributed by atoms with Gasteiger partial charge in [-0.3, -0.25) is 9.78 Å². The molecule has 0 fully saturated rings. The van der Waals surface area contributed by atoms with Crippen LogP contribution in [0.3, 0.4) is 0 Å². The molecule has 0 spiro atoms. The zero-order chi connectivity index (χ0) is 18.5. The summed E-state index contributed by atoms with van der Waals surface area (Å²) in [7, 11) is 0. The van der Waals surface area contributed by atoms with Crippen LogP contribution in [0.15, 0.2) is 60.9 Å². The molecule has 0 saturated carbocycles. The summed E-state index contributed by atoms with van der Waals surface area (Å²) < 4.78 is 19.8. The van der Waals surface area contributed by atoms with E-state index in [9.17, 15) is 14.0 Å². The van der Waals surface area contributed by atoms with E-state index in [-0.39, 0.29) is 30.4 Å². The molecular formula is C20H18ClFN2O3. The van der Waals surface area contributed by atoms with Gasteiger partial charge in [0.15, 0.2) is 0 Å². The molecule has 27 heavy (non-hydrogen) atoms. The topological polar surface area (TPSA) is 61.2 Å². The number of nitrogens with zero attached hydrogens (tertiary/aromatic N) is 2. The Labute approximate surface area is 162 Å². The number of esters is 1. The van der Waals surface area contributed by atoms with Crippen LogP contribution < -0.4 is 0 Å². The van der Waals surface area contributed by atoms with Crippen molar-refractivity contribution >= 4 is 24.2 Å². The van der Waals surface area contributed by atoms with Gasteiger partial charge in [-0.1, -0.05) is 6.07 Å². The summed E-state index contributed by atoms with van der Waals surface area (Å²) in [5.74, 6) is -1.23. The lowest BCUT2D eigenvalue weighted by Gasteiger charge is -2.08. The number of halogens is 2. The second-order valence-corrected chi connectivity index (χ2v) is 5.62. The quantitative estimate of drug-likeness (QED) is 0.474. The maximum Gasteiger partial charge on any atom is 0.339 e. The van der Waals surface area contributed by atoms with Gasteiger partial charge in [-0.25, -0.2) is 9.18 Å². The molecule has 0 N–H and O–H groups in total. The lowest BCUT2D eigenvalue weighted by molar-refractivity contribution is 0.0526. The molecule has 0 bridgehead atoms. The molecule has 1 aromatic carbocycles. The number of benzene rings is 1. The van der Waals surface area contributed by atoms with E-state index in [1.807, 2.05) is 12.1 Å². The highest BCUT2D eigenvalue weighted by atomic mass is 35.5. The first kappa shape index (κ1) is 20.3. The zero-order valence-corrected chi connectivity index (χ0v) is 15.4. The van der Waals surface area contributed by atoms with Gasteiger partial charge in [0.05, 0.1) is 30.1 Å². The van der Waals surface area contributed by atoms with Crippen molar-refractivity contribution in [2.75, 3.05) is 6.61 Å². The second kappa shape index (κ2) is 9.09. The highest BCUT2D eigenvalue weighted by Crippen LogP contribution is 2.17. The summed E-state index contributed by atoms with van der Waals surface area (Å²) >= 11 is 0. The van der Waals surface area contributed by atoms with Crippen molar-refractivity contribution in [2.24, 2.45) is 0 Å². The van der Waals surface area contributed by atoms with Crippen LogP contribution in [-0.2, 0) is 11.3 Å². The van der Waals surface area contributed by atoms with Crippen LogP contribution in [0.1, 0.15) is 39.0 Å². The molecule has 7 heteroatoms. The number of carbonyl (C=O) groups excluding carboxylic acids is 2. The maximum absolute atomic E-state index is 13.1. The molecule has 140 valence electrons. The van der Waals surface area contributed by atoms with Crippen molar-refractivity contribution in [3.8, 4) is 0 Å². The van der Waals surface area contributed by atoms with Gasteiger partial charge in [0, 0.05) is 18.0 Å². The number of pyridine rings is 1. The predicted octanol–water partition coefficient (Wildman–Crippen LogP) is 3.90. The van der Waals surface area contributed by atoms with E-state index in [0.717, 1.165) is 5.69 Å². The van der Waals surface area contributed by atoms with Gasteiger partial charge in [0.1, 0.15) is 5.82 Å². The molecule has 3 rings (SSSR count). The number of aromatic nitrogens is 2. The summed E-state index contributed by atoms with van der Waals surface area (Å²) in [6.07, 6.45) is 3.23. The standard InChI is InChI=1S/C20H17FN2O3.ClH/c1-2-26-20(25)15-11-18(19(24)14-6-8-16(21)9-7-14)23(12-15)13-17-5-3-4-10-22-17;/h3-12H,2,13H2,1H3;1H. The molecule has 2 aromatic heterocycles. The molecule has 0 saturated heterocycles. The number of carbonyl (C=O) groups is 2. The van der Waals surface area contributed by atoms with E-state index in [0.29, 0.717) is 17.8 Å². The van der Waals surface area contributed by atoms with Gasteiger partial charge >= 0.3 is 5.97 Å². The molecule has 0 amide bonds. The first-order chi connectivity index (χ1) is 12.6. The predicted molar refractivity (Wildman–Crippen MR) is 101 cm³/mol. The van der Waals surface area contributed by atoms with Gasteiger partial charge in [-0.05, 0) is 49.4 Å². The summed E-state index contributed by atoms with van der Waals surface area (Å²) in [6, 6.07) is 12.3. The fourth-order valence-electron chi connectivity index (χ4n) is 2.57. The highest BCUT2D eigenvalue weighted by Gasteiger charge is 2.20. The molecule has 0 unspecified atom stereocenters. The number of ketones is 1. The van der Waals surface area contributed by atoms with Crippen LogP contribution in [0, 0.1) is 5.82 Å². The van der Waals surface area contributed by atoms with Crippen molar-refractivity contribution in [1.82, 2.24) is 9.55 Å². The monoisotopic (exact) mass is 388 g/mol. The van der Waals surface area contributed by atoms with Crippen molar-refractivity contribution in [2.45, 2.75) is 13.5 Å². The highest BCUT2D eigenvalue weighted by molar-refractivity contribution is 6.09. The van der Waals surface area contributed by atoms with Crippen LogP contribution in [0.2, 0.25) is 0 Å². The Hall–Kier alpha value is -2.99. The number of hydrogen-bond acceptors (Lipinski definition) is 4. The lowest BCUT2D eigenvalue weighted by atomic mass is 10.1. The molecule has 0 aliphatic rings. The number of ether oxygens (including phenoxy) is 1. The Bertz CT molecular complexity index is 924. The van der Waals surface area contributed by atoms with Crippen LogP contribution in [0.5, 0.6) is 0 Å². The maximum atomic E-state index is 13.1. The van der Waals surface area contributed by atoms with Crippen LogP contribution in [0.25, 0.3) is 0 Å². The minimum absolute atomic E-state index is 0. The Kier molecular flexibility index (Phi) is 6.85. The van der Waals surface area contributed by atoms with Crippen LogP contribution >= 0.6 is 12.4 Å². The lowest BCUT2D eigenvalue weighted by Crippen LogP contribution is -2.11. The summed E-state index contributed by atoms with van der Waals surface area (Å²) in [5.41, 5.74) is 1.67. The number of hydrogen-bond donors (Lipinski definition) is 0. The number of rotatable bonds is 6. The van der Waals surface area contributed by atoms with Gasteiger partial charge in [0.2, 0.25) is 5.78 Å². The smallest absolute Gasteiger partial charge is 0.339 e. The second-order valence-electron chi connectivity index (χ2n) is 5.62. The molecule has 2 heterocycles. The normalized spacial score (nSPS) is 10.1. The summed E-state index contributed by atoms with van der Waals surface area (Å²) in [5, 5.41) is 0. The third-order valence-electron chi connectivity index (χ3n) is 3.81. The molecule has 5 nitrogen and oxygen atoms in total. The Morgan fingerprint density at radius 2 is 1.85 bits per heavy atom. The first-order valence-corrected chi connectivity index (χ1v) is 8.16. The van der Waals surface area contributed by atoms with Crippen molar-refractivity contribution < 1.29 is 18.7 Å². The zero-order valence-electron chi connectivity index (χ0n) is 14.6. The molecule has 0 radical (unpaired) electrons. The molecule has 0 aliphatic carbocycles. The van der Waals surface area contributed by atoms with Crippen molar-refractivity contribution in [1.29, 1.82) is 0 Å². The van der Waals surface area contributed by atoms with E-state index in [4.69, 9.17) is 4.74 Å². The minimum atomic E-state index is -0.500. The van der Waals surface area contributed by atoms with Gasteiger partial charge in [-0.15, -0.1) is 12.4 Å². The minimum Gasteiger partial charge on any atom is -0.462 e. The molecule has 0 aliphatic heterocycles. The van der Waals surface area contributed by atoms with E-state index in [1.165, 1.54) is 30.3 Å². The summed E-state index contributed by atoms with van der Waals surface area (Å²) in [4.78, 5) is 29.2. The van der Waals surface area contributed by atoms with Gasteiger partial charge < -0.3 is 9.30 Å². The van der Waals surface area contributed by atoms with Crippen molar-refractivity contribution in [3.05, 3.63) is 89.3 Å². The van der Waals surface area contributed by atoms with E-state index in [2.05, 4.69) is 4.98 Å². The molecule has 0 atom stereocenters. The Balaban J connectivity index is 0.00000261. The fourth-order valence-corrected chi connectivity index (χ4v) is 2.57. The first-order valence-electron chi connectivity index (χ1n) is 8.16. The van der Waals surface area contributed by atoms with E-state index < -0.39 is 11.8 Å². The Morgan fingerprint density at radius 1 is 1.11 bits per heavy atom. The molecule has 3 aromatic rings. The summed E-state index contributed by atoms with van der Waals surface area (Å²) in [6.45, 7) is 2.28. The van der Waals surface area contributed by atoms with Crippen LogP contribution in [-0.4, -0.2) is 27.9 Å². The van der Waals surface area contributed by atoms with Crippen molar-refractivity contribution in [3.63, 3.8) is 0 Å². The molecular weight excluding hydrogens is 371 g/mol. The van der Waals surface area contributed by atoms with E-state index in [1.54, 1.807) is 30.0 Å². The SMILES string of the molecule is CCOC(=O)c1cc(C(=O)c2ccc(F)cc2)n(Cc2ccccn2)c1.Cl. The Morgan fingerprint density at radius 3 is 2.48 bits per heavy atom. The third-order valence-corrected chi connectivity index (χ3v) is 3.81.